The van der Waals surface area contributed by atoms with Gasteiger partial charge in [-0.15, -0.1) is 35.3 Å². The first-order chi connectivity index (χ1) is 10.3. The van der Waals surface area contributed by atoms with Crippen molar-refractivity contribution in [2.75, 3.05) is 6.54 Å². The Morgan fingerprint density at radius 3 is 2.73 bits per heavy atom. The Morgan fingerprint density at radius 1 is 1.32 bits per heavy atom. The van der Waals surface area contributed by atoms with E-state index in [0.717, 1.165) is 31.9 Å². The molecule has 2 aliphatic heterocycles. The molecule has 3 unspecified atom stereocenters. The summed E-state index contributed by atoms with van der Waals surface area (Å²) >= 11 is 1.86. The minimum atomic E-state index is 0. The van der Waals surface area contributed by atoms with E-state index in [0.29, 0.717) is 18.2 Å². The van der Waals surface area contributed by atoms with E-state index in [1.54, 1.807) is 0 Å². The zero-order valence-corrected chi connectivity index (χ0v) is 16.4. The third-order valence-electron chi connectivity index (χ3n) is 4.23. The highest BCUT2D eigenvalue weighted by molar-refractivity contribution is 14.0. The minimum absolute atomic E-state index is 0. The quantitative estimate of drug-likeness (QED) is 0.424. The molecule has 0 radical (unpaired) electrons. The number of hydrogen-bond donors (Lipinski definition) is 2. The minimum Gasteiger partial charge on any atom is -0.373 e. The summed E-state index contributed by atoms with van der Waals surface area (Å²) in [6.07, 6.45) is 5.49. The molecule has 22 heavy (non-hydrogen) atoms. The van der Waals surface area contributed by atoms with Crippen LogP contribution in [-0.4, -0.2) is 30.8 Å². The van der Waals surface area contributed by atoms with Gasteiger partial charge >= 0.3 is 0 Å². The summed E-state index contributed by atoms with van der Waals surface area (Å²) in [5, 5.41) is 6.91. The molecule has 2 saturated heterocycles. The first kappa shape index (κ1) is 18.0. The van der Waals surface area contributed by atoms with Crippen LogP contribution in [0.4, 0.5) is 0 Å². The number of guanidine groups is 1. The van der Waals surface area contributed by atoms with Crippen LogP contribution in [0.2, 0.25) is 0 Å². The number of nitrogens with zero attached hydrogens (tertiary/aromatic N) is 1. The second kappa shape index (κ2) is 8.49. The van der Waals surface area contributed by atoms with Gasteiger partial charge in [-0.3, -0.25) is 0 Å². The summed E-state index contributed by atoms with van der Waals surface area (Å²) < 4.78 is 5.90. The smallest absolute Gasteiger partial charge is 0.191 e. The van der Waals surface area contributed by atoms with Gasteiger partial charge in [-0.25, -0.2) is 4.99 Å². The first-order valence-electron chi connectivity index (χ1n) is 8.06. The molecule has 0 aliphatic carbocycles. The number of aryl methyl sites for hydroxylation is 1. The van der Waals surface area contributed by atoms with E-state index in [-0.39, 0.29) is 24.0 Å². The van der Waals surface area contributed by atoms with Crippen molar-refractivity contribution in [2.45, 2.75) is 64.3 Å². The normalized spacial score (nSPS) is 26.8. The van der Waals surface area contributed by atoms with E-state index in [1.165, 1.54) is 22.6 Å². The lowest BCUT2D eigenvalue weighted by Crippen LogP contribution is -2.47. The van der Waals surface area contributed by atoms with Crippen LogP contribution < -0.4 is 10.6 Å². The summed E-state index contributed by atoms with van der Waals surface area (Å²) in [7, 11) is 0. The summed E-state index contributed by atoms with van der Waals surface area (Å²) in [6, 6.07) is 4.83. The number of hydrogen-bond acceptors (Lipinski definition) is 3. The predicted molar refractivity (Wildman–Crippen MR) is 103 cm³/mol. The molecule has 0 aromatic carbocycles. The molecule has 4 nitrogen and oxygen atoms in total. The van der Waals surface area contributed by atoms with Crippen LogP contribution in [0, 0.1) is 0 Å². The van der Waals surface area contributed by atoms with Crippen molar-refractivity contribution in [3.05, 3.63) is 21.9 Å². The molecule has 2 aliphatic rings. The van der Waals surface area contributed by atoms with Crippen LogP contribution in [0.3, 0.4) is 0 Å². The van der Waals surface area contributed by atoms with Crippen molar-refractivity contribution >= 4 is 41.3 Å². The number of aliphatic imine (C=N–C) groups is 1. The molecular formula is C16H26IN3OS. The zero-order valence-electron chi connectivity index (χ0n) is 13.3. The SMILES string of the molecule is CCNC(=NCc1ccc(CC)s1)NC1CC2CCC1O2.I. The number of rotatable bonds is 5. The predicted octanol–water partition coefficient (Wildman–Crippen LogP) is 3.30. The van der Waals surface area contributed by atoms with E-state index < -0.39 is 0 Å². The Hall–Kier alpha value is -0.340. The summed E-state index contributed by atoms with van der Waals surface area (Å²) in [6.45, 7) is 5.94. The highest BCUT2D eigenvalue weighted by Crippen LogP contribution is 2.34. The van der Waals surface area contributed by atoms with Gasteiger partial charge in [0, 0.05) is 16.3 Å². The summed E-state index contributed by atoms with van der Waals surface area (Å²) in [5.41, 5.74) is 0. The highest BCUT2D eigenvalue weighted by Gasteiger charge is 2.41. The number of fused-ring (bicyclic) bond motifs is 2. The van der Waals surface area contributed by atoms with Crippen LogP contribution in [0.15, 0.2) is 17.1 Å². The number of ether oxygens (including phenoxy) is 1. The largest absolute Gasteiger partial charge is 0.373 e. The first-order valence-corrected chi connectivity index (χ1v) is 8.88. The molecule has 3 atom stereocenters. The molecular weight excluding hydrogens is 409 g/mol. The fourth-order valence-electron chi connectivity index (χ4n) is 3.14. The number of nitrogens with one attached hydrogen (secondary N) is 2. The van der Waals surface area contributed by atoms with Gasteiger partial charge in [0.2, 0.25) is 0 Å². The standard InChI is InChI=1S/C16H25N3OS.HI/c1-3-12-6-7-13(21-12)10-18-16(17-4-2)19-14-9-11-5-8-15(14)20-11;/h6-7,11,14-15H,3-5,8-10H2,1-2H3,(H2,17,18,19);1H. The van der Waals surface area contributed by atoms with Gasteiger partial charge in [-0.05, 0) is 44.7 Å². The fraction of sp³-hybridized carbons (Fsp3) is 0.688. The number of halogens is 1. The van der Waals surface area contributed by atoms with Crippen molar-refractivity contribution in [2.24, 2.45) is 4.99 Å². The molecule has 1 aromatic rings. The van der Waals surface area contributed by atoms with Crippen LogP contribution in [0.25, 0.3) is 0 Å². The molecule has 2 bridgehead atoms. The Labute approximate surface area is 154 Å². The van der Waals surface area contributed by atoms with Crippen LogP contribution in [0.1, 0.15) is 42.9 Å². The molecule has 1 aromatic heterocycles. The van der Waals surface area contributed by atoms with E-state index in [1.807, 2.05) is 11.3 Å². The second-order valence-corrected chi connectivity index (χ2v) is 7.03. The van der Waals surface area contributed by atoms with Crippen molar-refractivity contribution in [3.8, 4) is 0 Å². The molecule has 6 heteroatoms. The molecule has 3 rings (SSSR count). The van der Waals surface area contributed by atoms with Gasteiger partial charge in [0.25, 0.3) is 0 Å². The molecule has 0 amide bonds. The highest BCUT2D eigenvalue weighted by atomic mass is 127. The van der Waals surface area contributed by atoms with Crippen molar-refractivity contribution in [3.63, 3.8) is 0 Å². The molecule has 0 saturated carbocycles. The Bertz CT molecular complexity index is 505. The van der Waals surface area contributed by atoms with Gasteiger partial charge in [-0.1, -0.05) is 6.92 Å². The van der Waals surface area contributed by atoms with Gasteiger partial charge in [-0.2, -0.15) is 0 Å². The molecule has 3 heterocycles. The van der Waals surface area contributed by atoms with Crippen LogP contribution >= 0.6 is 35.3 Å². The van der Waals surface area contributed by atoms with E-state index in [4.69, 9.17) is 9.73 Å². The van der Waals surface area contributed by atoms with Crippen molar-refractivity contribution in [1.82, 2.24) is 10.6 Å². The van der Waals surface area contributed by atoms with Gasteiger partial charge in [0.15, 0.2) is 5.96 Å². The Balaban J connectivity index is 0.00000176. The van der Waals surface area contributed by atoms with Gasteiger partial charge in [0.05, 0.1) is 24.8 Å². The Kier molecular flexibility index (Phi) is 6.95. The van der Waals surface area contributed by atoms with Gasteiger partial charge < -0.3 is 15.4 Å². The zero-order chi connectivity index (χ0) is 14.7. The second-order valence-electron chi connectivity index (χ2n) is 5.78. The van der Waals surface area contributed by atoms with Crippen molar-refractivity contribution in [1.29, 1.82) is 0 Å². The topological polar surface area (TPSA) is 45.7 Å². The van der Waals surface area contributed by atoms with Crippen molar-refractivity contribution < 1.29 is 4.74 Å². The maximum Gasteiger partial charge on any atom is 0.191 e. The maximum atomic E-state index is 5.90. The maximum absolute atomic E-state index is 5.90. The van der Waals surface area contributed by atoms with Gasteiger partial charge in [0.1, 0.15) is 0 Å². The summed E-state index contributed by atoms with van der Waals surface area (Å²) in [4.78, 5) is 7.49. The number of thiophene rings is 1. The molecule has 2 fully saturated rings. The van der Waals surface area contributed by atoms with E-state index in [9.17, 15) is 0 Å². The monoisotopic (exact) mass is 435 g/mol. The van der Waals surface area contributed by atoms with Crippen LogP contribution in [0.5, 0.6) is 0 Å². The fourth-order valence-corrected chi connectivity index (χ4v) is 4.02. The molecule has 2 N–H and O–H groups in total. The summed E-state index contributed by atoms with van der Waals surface area (Å²) in [5.74, 6) is 0.921. The molecule has 124 valence electrons. The Morgan fingerprint density at radius 2 is 2.14 bits per heavy atom. The lowest BCUT2D eigenvalue weighted by atomic mass is 9.96. The lowest BCUT2D eigenvalue weighted by molar-refractivity contribution is 0.0992. The average molecular weight is 435 g/mol. The van der Waals surface area contributed by atoms with E-state index >= 15 is 0 Å². The average Bonchev–Trinajstić information content (AvgIpc) is 3.21. The van der Waals surface area contributed by atoms with E-state index in [2.05, 4.69) is 36.6 Å². The third-order valence-corrected chi connectivity index (χ3v) is 5.45. The molecule has 0 spiro atoms. The third kappa shape index (κ3) is 4.35. The lowest BCUT2D eigenvalue weighted by Gasteiger charge is -2.22. The van der Waals surface area contributed by atoms with Crippen LogP contribution in [-0.2, 0) is 17.7 Å².